The molecular weight excluding hydrogens is 520 g/mol. The zero-order valence-electron chi connectivity index (χ0n) is 24.2. The minimum Gasteiger partial charge on any atom is -0.492 e. The number of hydrogen-bond donors (Lipinski definition) is 2. The molecule has 4 aromatic heterocycles. The number of ether oxygens (including phenoxy) is 2. The van der Waals surface area contributed by atoms with E-state index in [9.17, 15) is 4.79 Å². The lowest BCUT2D eigenvalue weighted by atomic mass is 9.86. The van der Waals surface area contributed by atoms with Crippen molar-refractivity contribution in [3.63, 3.8) is 0 Å². The molecule has 2 fully saturated rings. The van der Waals surface area contributed by atoms with Gasteiger partial charge in [0, 0.05) is 56.5 Å². The van der Waals surface area contributed by atoms with E-state index in [2.05, 4.69) is 56.4 Å². The zero-order chi connectivity index (χ0) is 28.4. The first-order valence-electron chi connectivity index (χ1n) is 14.7. The summed E-state index contributed by atoms with van der Waals surface area (Å²) in [6.07, 6.45) is 7.94. The van der Waals surface area contributed by atoms with Crippen molar-refractivity contribution in [2.24, 2.45) is 5.92 Å². The van der Waals surface area contributed by atoms with Crippen LogP contribution in [-0.4, -0.2) is 93.7 Å². The molecule has 0 bridgehead atoms. The summed E-state index contributed by atoms with van der Waals surface area (Å²) in [7, 11) is 0. The van der Waals surface area contributed by atoms with Crippen molar-refractivity contribution in [2.45, 2.75) is 45.6 Å². The van der Waals surface area contributed by atoms with E-state index in [0.717, 1.165) is 98.0 Å². The summed E-state index contributed by atoms with van der Waals surface area (Å²) < 4.78 is 13.2. The SMILES string of the molecule is CCOc1cc(-c2ccc(N3CCC(CN4CCOCC4)(NC(=O)CC(C)C)CC3)nc2)c2c3cn[nH]c3nn2c1. The number of nitrogens with one attached hydrogen (secondary N) is 2. The van der Waals surface area contributed by atoms with E-state index in [1.54, 1.807) is 6.20 Å². The molecule has 2 aliphatic rings. The van der Waals surface area contributed by atoms with Gasteiger partial charge in [-0.05, 0) is 43.9 Å². The predicted molar refractivity (Wildman–Crippen MR) is 158 cm³/mol. The monoisotopic (exact) mass is 560 g/mol. The number of anilines is 1. The highest BCUT2D eigenvalue weighted by molar-refractivity contribution is 6.00. The molecule has 218 valence electrons. The molecule has 0 spiro atoms. The van der Waals surface area contributed by atoms with Gasteiger partial charge in [0.2, 0.25) is 5.91 Å². The number of amides is 1. The Kier molecular flexibility index (Phi) is 7.81. The number of carbonyl (C=O) groups excluding carboxylic acids is 1. The molecule has 41 heavy (non-hydrogen) atoms. The third-order valence-electron chi connectivity index (χ3n) is 8.15. The van der Waals surface area contributed by atoms with Gasteiger partial charge in [-0.2, -0.15) is 5.10 Å². The second-order valence-electron chi connectivity index (χ2n) is 11.7. The molecule has 2 aliphatic heterocycles. The molecular formula is C30H40N8O3. The summed E-state index contributed by atoms with van der Waals surface area (Å²) >= 11 is 0. The third kappa shape index (κ3) is 5.87. The van der Waals surface area contributed by atoms with Gasteiger partial charge in [-0.25, -0.2) is 9.50 Å². The van der Waals surface area contributed by atoms with Crippen LogP contribution in [-0.2, 0) is 9.53 Å². The van der Waals surface area contributed by atoms with Gasteiger partial charge in [0.15, 0.2) is 5.65 Å². The van der Waals surface area contributed by atoms with Crippen LogP contribution in [0.15, 0.2) is 36.8 Å². The number of H-pyrrole nitrogens is 1. The molecule has 11 nitrogen and oxygen atoms in total. The highest BCUT2D eigenvalue weighted by Gasteiger charge is 2.38. The van der Waals surface area contributed by atoms with Crippen molar-refractivity contribution < 1.29 is 14.3 Å². The molecule has 0 aromatic carbocycles. The Hall–Kier alpha value is -3.70. The minimum atomic E-state index is -0.233. The lowest BCUT2D eigenvalue weighted by Crippen LogP contribution is -2.61. The number of pyridine rings is 2. The fourth-order valence-corrected chi connectivity index (χ4v) is 6.13. The van der Waals surface area contributed by atoms with E-state index in [-0.39, 0.29) is 11.4 Å². The first-order valence-corrected chi connectivity index (χ1v) is 14.7. The normalized spacial score (nSPS) is 17.9. The Labute approximate surface area is 240 Å². The maximum Gasteiger partial charge on any atom is 0.220 e. The molecule has 0 atom stereocenters. The van der Waals surface area contributed by atoms with Crippen molar-refractivity contribution in [3.8, 4) is 16.9 Å². The lowest BCUT2D eigenvalue weighted by Gasteiger charge is -2.46. The van der Waals surface area contributed by atoms with Crippen molar-refractivity contribution >= 4 is 28.3 Å². The van der Waals surface area contributed by atoms with Gasteiger partial charge in [-0.15, -0.1) is 5.10 Å². The average molecular weight is 561 g/mol. The van der Waals surface area contributed by atoms with Gasteiger partial charge in [0.05, 0.1) is 48.7 Å². The highest BCUT2D eigenvalue weighted by atomic mass is 16.5. The average Bonchev–Trinajstić information content (AvgIpc) is 3.55. The van der Waals surface area contributed by atoms with Crippen LogP contribution in [0.4, 0.5) is 5.82 Å². The van der Waals surface area contributed by atoms with Gasteiger partial charge < -0.3 is 19.7 Å². The van der Waals surface area contributed by atoms with Gasteiger partial charge in [0.1, 0.15) is 11.6 Å². The lowest BCUT2D eigenvalue weighted by molar-refractivity contribution is -0.124. The van der Waals surface area contributed by atoms with Gasteiger partial charge in [0.25, 0.3) is 0 Å². The standard InChI is InChI=1S/C30H40N8O3/c1-4-41-23-16-24(28-25-18-32-34-29(25)35-38(28)19-23)22-5-6-26(31-17-22)37-9-7-30(8-10-37,33-27(39)15-21(2)3)20-36-11-13-40-14-12-36/h5-6,16-19,21H,4,7-15,20H2,1-3H3,(H,33,39)(H,34,35). The summed E-state index contributed by atoms with van der Waals surface area (Å²) in [4.78, 5) is 22.6. The Bertz CT molecular complexity index is 1480. The summed E-state index contributed by atoms with van der Waals surface area (Å²) in [5.41, 5.74) is 3.45. The van der Waals surface area contributed by atoms with Crippen LogP contribution >= 0.6 is 0 Å². The predicted octanol–water partition coefficient (Wildman–Crippen LogP) is 3.50. The molecule has 2 N–H and O–H groups in total. The first kappa shape index (κ1) is 27.5. The molecule has 0 saturated carbocycles. The molecule has 2 saturated heterocycles. The fourth-order valence-electron chi connectivity index (χ4n) is 6.13. The van der Waals surface area contributed by atoms with Crippen LogP contribution in [0.1, 0.15) is 40.0 Å². The Morgan fingerprint density at radius 1 is 1.17 bits per heavy atom. The van der Waals surface area contributed by atoms with Crippen molar-refractivity contribution in [1.29, 1.82) is 0 Å². The van der Waals surface area contributed by atoms with Crippen molar-refractivity contribution in [2.75, 3.05) is 57.4 Å². The van der Waals surface area contributed by atoms with Crippen molar-refractivity contribution in [3.05, 3.63) is 36.8 Å². The molecule has 0 radical (unpaired) electrons. The van der Waals surface area contributed by atoms with E-state index in [0.29, 0.717) is 18.9 Å². The quantitative estimate of drug-likeness (QED) is 0.320. The number of fused-ring (bicyclic) bond motifs is 3. The molecule has 0 unspecified atom stereocenters. The van der Waals surface area contributed by atoms with Crippen LogP contribution in [0.2, 0.25) is 0 Å². The van der Waals surface area contributed by atoms with Crippen LogP contribution in [0.25, 0.3) is 27.7 Å². The van der Waals surface area contributed by atoms with Crippen LogP contribution in [0.3, 0.4) is 0 Å². The highest BCUT2D eigenvalue weighted by Crippen LogP contribution is 2.34. The second kappa shape index (κ2) is 11.7. The first-order chi connectivity index (χ1) is 19.9. The zero-order valence-corrected chi connectivity index (χ0v) is 24.2. The van der Waals surface area contributed by atoms with E-state index in [4.69, 9.17) is 14.5 Å². The maximum absolute atomic E-state index is 12.9. The second-order valence-corrected chi connectivity index (χ2v) is 11.7. The molecule has 6 rings (SSSR count). The molecule has 4 aromatic rings. The maximum atomic E-state index is 12.9. The number of aromatic nitrogens is 5. The third-order valence-corrected chi connectivity index (χ3v) is 8.15. The molecule has 11 heteroatoms. The number of aromatic amines is 1. The van der Waals surface area contributed by atoms with E-state index in [1.165, 1.54) is 0 Å². The molecule has 0 aliphatic carbocycles. The van der Waals surface area contributed by atoms with E-state index < -0.39 is 0 Å². The number of piperidine rings is 1. The minimum absolute atomic E-state index is 0.149. The Morgan fingerprint density at radius 2 is 1.98 bits per heavy atom. The number of carbonyl (C=O) groups is 1. The molecule has 1 amide bonds. The number of hydrogen-bond acceptors (Lipinski definition) is 8. The number of nitrogens with zero attached hydrogens (tertiary/aromatic N) is 6. The summed E-state index contributed by atoms with van der Waals surface area (Å²) in [5, 5.41) is 16.2. The van der Waals surface area contributed by atoms with Gasteiger partial charge in [-0.3, -0.25) is 14.8 Å². The van der Waals surface area contributed by atoms with Gasteiger partial charge in [-0.1, -0.05) is 13.8 Å². The van der Waals surface area contributed by atoms with E-state index in [1.807, 2.05) is 29.9 Å². The van der Waals surface area contributed by atoms with E-state index >= 15 is 0 Å². The largest absolute Gasteiger partial charge is 0.492 e. The topological polar surface area (TPSA) is 113 Å². The van der Waals surface area contributed by atoms with Crippen LogP contribution in [0, 0.1) is 5.92 Å². The van der Waals surface area contributed by atoms with Crippen molar-refractivity contribution in [1.82, 2.24) is 35.0 Å². The van der Waals surface area contributed by atoms with Crippen LogP contribution in [0.5, 0.6) is 5.75 Å². The summed E-state index contributed by atoms with van der Waals surface area (Å²) in [6, 6.07) is 6.26. The summed E-state index contributed by atoms with van der Waals surface area (Å²) in [5.74, 6) is 2.18. The van der Waals surface area contributed by atoms with Crippen LogP contribution < -0.4 is 15.0 Å². The number of morpholine rings is 1. The molecule has 6 heterocycles. The Balaban J connectivity index is 1.21. The smallest absolute Gasteiger partial charge is 0.220 e. The fraction of sp³-hybridized carbons (Fsp3) is 0.533. The Morgan fingerprint density at radius 3 is 2.68 bits per heavy atom. The van der Waals surface area contributed by atoms with Gasteiger partial charge >= 0.3 is 0 Å². The number of rotatable bonds is 9. The summed E-state index contributed by atoms with van der Waals surface area (Å²) in [6.45, 7) is 12.6.